The molecule has 0 aliphatic carbocycles. The molecule has 1 aliphatic heterocycles. The number of para-hydroxylation sites is 1. The maximum atomic E-state index is 12.2. The van der Waals surface area contributed by atoms with E-state index in [1.807, 2.05) is 59.5 Å². The molecule has 0 spiro atoms. The molecule has 3 aromatic rings. The second-order valence-corrected chi connectivity index (χ2v) is 9.26. The third kappa shape index (κ3) is 6.27. The van der Waals surface area contributed by atoms with Crippen molar-refractivity contribution in [2.75, 3.05) is 25.9 Å². The summed E-state index contributed by atoms with van der Waals surface area (Å²) >= 11 is 0. The third-order valence-corrected chi connectivity index (χ3v) is 6.79. The van der Waals surface area contributed by atoms with E-state index in [0.29, 0.717) is 18.2 Å². The highest BCUT2D eigenvalue weighted by molar-refractivity contribution is 6.15. The normalized spacial score (nSPS) is 14.6. The fourth-order valence-corrected chi connectivity index (χ4v) is 4.80. The van der Waals surface area contributed by atoms with Gasteiger partial charge in [-0.2, -0.15) is 0 Å². The molecule has 1 amide bonds. The number of nitrogens with two attached hydrogens (primary N) is 1. The van der Waals surface area contributed by atoms with E-state index < -0.39 is 0 Å². The quantitative estimate of drug-likeness (QED) is 0.443. The zero-order valence-corrected chi connectivity index (χ0v) is 21.2. The lowest BCUT2D eigenvalue weighted by molar-refractivity contribution is -0.365. The second kappa shape index (κ2) is 12.3. The summed E-state index contributed by atoms with van der Waals surface area (Å²) in [5, 5.41) is 0. The lowest BCUT2D eigenvalue weighted by Gasteiger charge is -2.32. The first-order chi connectivity index (χ1) is 17.6. The number of nitrogens with zero attached hydrogens (tertiary/aromatic N) is 3. The molecule has 1 aromatic heterocycles. The maximum absolute atomic E-state index is 12.2. The number of piperidine rings is 1. The van der Waals surface area contributed by atoms with Crippen molar-refractivity contribution in [1.29, 1.82) is 0 Å². The minimum atomic E-state index is 0.287. The molecular formula is C29H36N5O2+. The van der Waals surface area contributed by atoms with Gasteiger partial charge in [0.2, 0.25) is 18.1 Å². The fourth-order valence-electron chi connectivity index (χ4n) is 4.80. The van der Waals surface area contributed by atoms with Gasteiger partial charge in [-0.05, 0) is 68.0 Å². The summed E-state index contributed by atoms with van der Waals surface area (Å²) < 4.78 is 5.93. The van der Waals surface area contributed by atoms with E-state index in [1.165, 1.54) is 0 Å². The molecule has 0 unspecified atom stereocenters. The molecule has 1 fully saturated rings. The van der Waals surface area contributed by atoms with Crippen molar-refractivity contribution >= 4 is 17.4 Å². The van der Waals surface area contributed by atoms with Crippen molar-refractivity contribution in [3.8, 4) is 11.5 Å². The molecule has 4 rings (SSSR count). The topological polar surface area (TPSA) is 95.0 Å². The number of benzene rings is 2. The molecule has 0 atom stereocenters. The van der Waals surface area contributed by atoms with Gasteiger partial charge < -0.3 is 15.4 Å². The van der Waals surface area contributed by atoms with Crippen molar-refractivity contribution in [2.24, 2.45) is 10.9 Å². The Balaban J connectivity index is 1.44. The number of aromatic nitrogens is 2. The molecule has 0 radical (unpaired) electrons. The van der Waals surface area contributed by atoms with Gasteiger partial charge in [-0.25, -0.2) is 4.98 Å². The number of carbonyl (C=O) groups excluding carboxylic acids is 1. The Morgan fingerprint density at radius 1 is 1.11 bits per heavy atom. The van der Waals surface area contributed by atoms with Gasteiger partial charge in [0.25, 0.3) is 0 Å². The van der Waals surface area contributed by atoms with E-state index in [4.69, 9.17) is 10.5 Å². The summed E-state index contributed by atoms with van der Waals surface area (Å²) in [6.45, 7) is 3.76. The van der Waals surface area contributed by atoms with Crippen molar-refractivity contribution in [3.05, 3.63) is 77.7 Å². The van der Waals surface area contributed by atoms with Crippen molar-refractivity contribution < 1.29 is 14.5 Å². The van der Waals surface area contributed by atoms with E-state index in [9.17, 15) is 4.79 Å². The van der Waals surface area contributed by atoms with Crippen LogP contribution >= 0.6 is 0 Å². The molecular weight excluding hydrogens is 450 g/mol. The van der Waals surface area contributed by atoms with E-state index in [2.05, 4.69) is 21.9 Å². The number of anilines is 1. The van der Waals surface area contributed by atoms with Crippen LogP contribution in [0.3, 0.4) is 0 Å². The number of carbonyl (C=O) groups is 1. The van der Waals surface area contributed by atoms with E-state index in [-0.39, 0.29) is 5.91 Å². The Labute approximate surface area is 213 Å². The molecule has 1 saturated heterocycles. The molecule has 188 valence electrons. The summed E-state index contributed by atoms with van der Waals surface area (Å²) in [5.41, 5.74) is 9.97. The molecule has 2 aromatic carbocycles. The number of nitrogen functional groups attached to an aromatic ring is 1. The van der Waals surface area contributed by atoms with Gasteiger partial charge in [-0.1, -0.05) is 25.1 Å². The monoisotopic (exact) mass is 486 g/mol. The minimum Gasteiger partial charge on any atom is -0.457 e. The summed E-state index contributed by atoms with van der Waals surface area (Å²) in [5.74, 6) is 2.98. The third-order valence-electron chi connectivity index (χ3n) is 6.79. The minimum absolute atomic E-state index is 0.287. The number of amides is 1. The van der Waals surface area contributed by atoms with Crippen LogP contribution in [0.1, 0.15) is 55.8 Å². The lowest BCUT2D eigenvalue weighted by Crippen LogP contribution is -2.38. The molecule has 7 heteroatoms. The number of aliphatic imine (C=N–C) groups is 1. The molecule has 0 saturated carbocycles. The summed E-state index contributed by atoms with van der Waals surface area (Å²) in [7, 11) is 1.78. The van der Waals surface area contributed by atoms with Gasteiger partial charge in [0.05, 0.1) is 5.71 Å². The zero-order chi connectivity index (χ0) is 25.3. The Morgan fingerprint density at radius 3 is 2.47 bits per heavy atom. The van der Waals surface area contributed by atoms with Gasteiger partial charge in [-0.15, -0.1) is 4.98 Å². The molecule has 0 bridgehead atoms. The fraction of sp³-hybridized carbons (Fsp3) is 0.379. The zero-order valence-electron chi connectivity index (χ0n) is 21.2. The number of hydrogen-bond acceptors (Lipinski definition) is 5. The van der Waals surface area contributed by atoms with Gasteiger partial charge in [0, 0.05) is 38.5 Å². The first-order valence-electron chi connectivity index (χ1n) is 12.8. The maximum Gasteiger partial charge on any atom is 0.229 e. The van der Waals surface area contributed by atoms with Crippen LogP contribution in [-0.4, -0.2) is 41.6 Å². The Morgan fingerprint density at radius 2 is 1.81 bits per heavy atom. The number of likely N-dealkylation sites (tertiary alicyclic amines) is 1. The lowest BCUT2D eigenvalue weighted by atomic mass is 9.89. The predicted octanol–water partition coefficient (Wildman–Crippen LogP) is 4.71. The largest absolute Gasteiger partial charge is 0.457 e. The number of aryl methyl sites for hydroxylation is 1. The Hall–Kier alpha value is -3.74. The van der Waals surface area contributed by atoms with Crippen LogP contribution in [0.5, 0.6) is 11.5 Å². The predicted molar refractivity (Wildman–Crippen MR) is 142 cm³/mol. The highest BCUT2D eigenvalue weighted by Crippen LogP contribution is 2.26. The summed E-state index contributed by atoms with van der Waals surface area (Å²) in [4.78, 5) is 26.5. The first-order valence-corrected chi connectivity index (χ1v) is 12.8. The number of hydrogen-bond donors (Lipinski definition) is 1. The standard InChI is InChI=1S/C29H35N5O2/c1-3-7-26(35)34-18-16-21(17-19-34)10-15-25-27(29(30)33-20-32-25)28(31-2)22-11-13-24(14-12-22)36-23-8-5-4-6-9-23/h4-6,8-9,11-14,20-21H,3,7,10,15-19H2,1-2H3,(H2,30,32,33)/p+1. The number of aromatic amines is 1. The van der Waals surface area contributed by atoms with Crippen molar-refractivity contribution in [2.45, 2.75) is 45.4 Å². The van der Waals surface area contributed by atoms with Gasteiger partial charge in [-0.3, -0.25) is 9.79 Å². The van der Waals surface area contributed by atoms with Crippen LogP contribution < -0.4 is 15.5 Å². The number of rotatable bonds is 9. The van der Waals surface area contributed by atoms with Gasteiger partial charge >= 0.3 is 0 Å². The number of nitrogens with one attached hydrogen (secondary N) is 1. The Bertz CT molecular complexity index is 1170. The number of H-pyrrole nitrogens is 1. The van der Waals surface area contributed by atoms with E-state index >= 15 is 0 Å². The van der Waals surface area contributed by atoms with Gasteiger partial charge in [0.15, 0.2) is 0 Å². The van der Waals surface area contributed by atoms with E-state index in [0.717, 1.165) is 79.2 Å². The molecule has 36 heavy (non-hydrogen) atoms. The summed E-state index contributed by atoms with van der Waals surface area (Å²) in [6, 6.07) is 17.6. The van der Waals surface area contributed by atoms with Gasteiger partial charge in [0.1, 0.15) is 22.8 Å². The van der Waals surface area contributed by atoms with Crippen LogP contribution in [0.25, 0.3) is 0 Å². The van der Waals surface area contributed by atoms with E-state index in [1.54, 1.807) is 13.4 Å². The van der Waals surface area contributed by atoms with Crippen LogP contribution in [0.15, 0.2) is 65.9 Å². The average molecular weight is 487 g/mol. The van der Waals surface area contributed by atoms with Crippen LogP contribution in [0.4, 0.5) is 5.82 Å². The highest BCUT2D eigenvalue weighted by atomic mass is 16.5. The Kier molecular flexibility index (Phi) is 8.66. The molecule has 1 aliphatic rings. The van der Waals surface area contributed by atoms with Crippen molar-refractivity contribution in [3.63, 3.8) is 0 Å². The van der Waals surface area contributed by atoms with Crippen LogP contribution in [0, 0.1) is 5.92 Å². The smallest absolute Gasteiger partial charge is 0.229 e. The van der Waals surface area contributed by atoms with Crippen molar-refractivity contribution in [1.82, 2.24) is 9.88 Å². The number of ether oxygens (including phenoxy) is 1. The SMILES string of the molecule is CCCC(=O)N1CCC(CCc2nc[nH+]c(N)c2C(=NC)c2ccc(Oc3ccccc3)cc2)CC1. The second-order valence-electron chi connectivity index (χ2n) is 9.26. The van der Waals surface area contributed by atoms with Crippen LogP contribution in [-0.2, 0) is 11.2 Å². The average Bonchev–Trinajstić information content (AvgIpc) is 2.91. The highest BCUT2D eigenvalue weighted by Gasteiger charge is 2.25. The summed E-state index contributed by atoms with van der Waals surface area (Å²) in [6.07, 6.45) is 7.12. The molecule has 7 nitrogen and oxygen atoms in total. The van der Waals surface area contributed by atoms with Crippen LogP contribution in [0.2, 0.25) is 0 Å². The molecule has 3 N–H and O–H groups in total. The molecule has 2 heterocycles. The first kappa shape index (κ1) is 25.4.